The molecule has 13 heavy (non-hydrogen) atoms. The highest BCUT2D eigenvalue weighted by Crippen LogP contribution is 2.34. The summed E-state index contributed by atoms with van der Waals surface area (Å²) in [6.45, 7) is 1.12. The van der Waals surface area contributed by atoms with E-state index in [9.17, 15) is 8.42 Å². The third-order valence-electron chi connectivity index (χ3n) is 2.61. The molecular formula is C8H12N2O2S. The highest BCUT2D eigenvalue weighted by molar-refractivity contribution is 7.90. The minimum atomic E-state index is -2.96. The van der Waals surface area contributed by atoms with E-state index in [0.717, 1.165) is 12.8 Å². The van der Waals surface area contributed by atoms with Crippen molar-refractivity contribution in [2.24, 2.45) is 5.92 Å². The molecule has 4 nitrogen and oxygen atoms in total. The molecule has 0 spiro atoms. The summed E-state index contributed by atoms with van der Waals surface area (Å²) in [5, 5.41) is 8.29. The van der Waals surface area contributed by atoms with Gasteiger partial charge in [0.25, 0.3) is 0 Å². The molecule has 1 heterocycles. The van der Waals surface area contributed by atoms with Crippen LogP contribution in [0.2, 0.25) is 0 Å². The standard InChI is InChI=1S/C8H12N2O2S/c9-4-3-7-5-10(6-7)13(11,12)8-1-2-8/h7-8H,1-3,5-6H2. The lowest BCUT2D eigenvalue weighted by molar-refractivity contribution is 0.204. The smallest absolute Gasteiger partial charge is 0.212 e. The Morgan fingerprint density at radius 3 is 2.46 bits per heavy atom. The molecule has 0 amide bonds. The summed E-state index contributed by atoms with van der Waals surface area (Å²) in [7, 11) is -2.96. The molecule has 2 rings (SSSR count). The van der Waals surface area contributed by atoms with Crippen LogP contribution in [0.25, 0.3) is 0 Å². The lowest BCUT2D eigenvalue weighted by Crippen LogP contribution is -2.50. The zero-order chi connectivity index (χ0) is 9.47. The third-order valence-corrected chi connectivity index (χ3v) is 4.94. The van der Waals surface area contributed by atoms with Gasteiger partial charge in [-0.25, -0.2) is 12.7 Å². The van der Waals surface area contributed by atoms with Gasteiger partial charge < -0.3 is 0 Å². The predicted molar refractivity (Wildman–Crippen MR) is 47.2 cm³/mol. The Balaban J connectivity index is 1.89. The van der Waals surface area contributed by atoms with Gasteiger partial charge in [-0.3, -0.25) is 0 Å². The molecule has 0 aromatic heterocycles. The van der Waals surface area contributed by atoms with Gasteiger partial charge in [0, 0.05) is 19.5 Å². The van der Waals surface area contributed by atoms with Crippen LogP contribution in [0.3, 0.4) is 0 Å². The number of nitrogens with zero attached hydrogens (tertiary/aromatic N) is 2. The fourth-order valence-corrected chi connectivity index (χ4v) is 3.56. The normalized spacial score (nSPS) is 25.2. The van der Waals surface area contributed by atoms with Crippen molar-refractivity contribution in [3.05, 3.63) is 0 Å². The average molecular weight is 200 g/mol. The summed E-state index contributed by atoms with van der Waals surface area (Å²) in [5.41, 5.74) is 0. The van der Waals surface area contributed by atoms with E-state index in [1.807, 2.05) is 0 Å². The minimum absolute atomic E-state index is 0.101. The summed E-state index contributed by atoms with van der Waals surface area (Å²) in [4.78, 5) is 0. The fraction of sp³-hybridized carbons (Fsp3) is 0.875. The maximum absolute atomic E-state index is 11.6. The van der Waals surface area contributed by atoms with Gasteiger partial charge in [-0.05, 0) is 18.8 Å². The van der Waals surface area contributed by atoms with Crippen molar-refractivity contribution in [2.45, 2.75) is 24.5 Å². The van der Waals surface area contributed by atoms with E-state index in [0.29, 0.717) is 19.5 Å². The van der Waals surface area contributed by atoms with E-state index in [1.54, 1.807) is 0 Å². The Morgan fingerprint density at radius 2 is 2.00 bits per heavy atom. The highest BCUT2D eigenvalue weighted by atomic mass is 32.2. The maximum atomic E-state index is 11.6. The van der Waals surface area contributed by atoms with Gasteiger partial charge in [-0.2, -0.15) is 5.26 Å². The first-order chi connectivity index (χ1) is 6.14. The van der Waals surface area contributed by atoms with Gasteiger partial charge in [0.05, 0.1) is 11.3 Å². The molecule has 0 radical (unpaired) electrons. The Hall–Kier alpha value is -0.600. The first-order valence-electron chi connectivity index (χ1n) is 4.50. The SMILES string of the molecule is N#CCC1CN(S(=O)(=O)C2CC2)C1. The molecule has 1 saturated carbocycles. The van der Waals surface area contributed by atoms with Gasteiger partial charge in [-0.15, -0.1) is 0 Å². The summed E-state index contributed by atoms with van der Waals surface area (Å²) in [5.74, 6) is 0.276. The van der Waals surface area contributed by atoms with Crippen LogP contribution in [0.4, 0.5) is 0 Å². The van der Waals surface area contributed by atoms with Gasteiger partial charge >= 0.3 is 0 Å². The number of hydrogen-bond donors (Lipinski definition) is 0. The molecule has 0 unspecified atom stereocenters. The topological polar surface area (TPSA) is 61.2 Å². The Labute approximate surface area is 78.2 Å². The number of hydrogen-bond acceptors (Lipinski definition) is 3. The van der Waals surface area contributed by atoms with Gasteiger partial charge in [0.15, 0.2) is 0 Å². The maximum Gasteiger partial charge on any atom is 0.217 e. The zero-order valence-corrected chi connectivity index (χ0v) is 8.13. The summed E-state index contributed by atoms with van der Waals surface area (Å²) in [6, 6.07) is 2.06. The van der Waals surface area contributed by atoms with Gasteiger partial charge in [0.1, 0.15) is 0 Å². The highest BCUT2D eigenvalue weighted by Gasteiger charge is 2.44. The Morgan fingerprint density at radius 1 is 1.38 bits per heavy atom. The lowest BCUT2D eigenvalue weighted by atomic mass is 10.0. The van der Waals surface area contributed by atoms with Crippen LogP contribution in [0.15, 0.2) is 0 Å². The van der Waals surface area contributed by atoms with Crippen LogP contribution in [-0.4, -0.2) is 31.1 Å². The van der Waals surface area contributed by atoms with Crippen LogP contribution in [0.1, 0.15) is 19.3 Å². The van der Waals surface area contributed by atoms with E-state index < -0.39 is 10.0 Å². The van der Waals surface area contributed by atoms with E-state index in [-0.39, 0.29) is 11.2 Å². The first-order valence-corrected chi connectivity index (χ1v) is 6.01. The largest absolute Gasteiger partial charge is 0.217 e. The van der Waals surface area contributed by atoms with Gasteiger partial charge in [0.2, 0.25) is 10.0 Å². The number of rotatable bonds is 3. The Bertz CT molecular complexity index is 334. The van der Waals surface area contributed by atoms with E-state index in [1.165, 1.54) is 4.31 Å². The minimum Gasteiger partial charge on any atom is -0.212 e. The molecule has 72 valence electrons. The van der Waals surface area contributed by atoms with Gasteiger partial charge in [-0.1, -0.05) is 0 Å². The van der Waals surface area contributed by atoms with Crippen molar-refractivity contribution >= 4 is 10.0 Å². The molecule has 0 N–H and O–H groups in total. The van der Waals surface area contributed by atoms with Crippen molar-refractivity contribution in [3.63, 3.8) is 0 Å². The molecule has 0 bridgehead atoms. The molecule has 1 saturated heterocycles. The lowest BCUT2D eigenvalue weighted by Gasteiger charge is -2.36. The van der Waals surface area contributed by atoms with E-state index in [2.05, 4.69) is 6.07 Å². The van der Waals surface area contributed by atoms with Crippen LogP contribution < -0.4 is 0 Å². The van der Waals surface area contributed by atoms with Crippen LogP contribution >= 0.6 is 0 Å². The van der Waals surface area contributed by atoms with Crippen molar-refractivity contribution in [1.29, 1.82) is 5.26 Å². The molecular weight excluding hydrogens is 188 g/mol. The van der Waals surface area contributed by atoms with Crippen molar-refractivity contribution in [3.8, 4) is 6.07 Å². The summed E-state index contributed by atoms with van der Waals surface area (Å²) < 4.78 is 24.7. The quantitative estimate of drug-likeness (QED) is 0.659. The number of sulfonamides is 1. The molecule has 0 atom stereocenters. The molecule has 1 aliphatic heterocycles. The predicted octanol–water partition coefficient (Wildman–Crippen LogP) is 0.324. The monoisotopic (exact) mass is 200 g/mol. The number of nitriles is 1. The van der Waals surface area contributed by atoms with Crippen LogP contribution in [-0.2, 0) is 10.0 Å². The Kier molecular flexibility index (Phi) is 2.05. The molecule has 0 aromatic rings. The molecule has 1 aliphatic carbocycles. The fourth-order valence-electron chi connectivity index (χ4n) is 1.57. The first kappa shape index (κ1) is 8.97. The molecule has 2 aliphatic rings. The average Bonchev–Trinajstić information content (AvgIpc) is 2.76. The summed E-state index contributed by atoms with van der Waals surface area (Å²) in [6.07, 6.45) is 2.13. The third kappa shape index (κ3) is 1.56. The van der Waals surface area contributed by atoms with Crippen molar-refractivity contribution < 1.29 is 8.42 Å². The summed E-state index contributed by atoms with van der Waals surface area (Å²) >= 11 is 0. The zero-order valence-electron chi connectivity index (χ0n) is 7.31. The van der Waals surface area contributed by atoms with Crippen LogP contribution in [0.5, 0.6) is 0 Å². The van der Waals surface area contributed by atoms with Crippen molar-refractivity contribution in [2.75, 3.05) is 13.1 Å². The molecule has 5 heteroatoms. The molecule has 2 fully saturated rings. The second-order valence-electron chi connectivity index (χ2n) is 3.79. The second kappa shape index (κ2) is 2.96. The van der Waals surface area contributed by atoms with Crippen LogP contribution in [0, 0.1) is 17.2 Å². The van der Waals surface area contributed by atoms with E-state index >= 15 is 0 Å². The van der Waals surface area contributed by atoms with Crippen molar-refractivity contribution in [1.82, 2.24) is 4.31 Å². The molecule has 0 aromatic carbocycles. The van der Waals surface area contributed by atoms with E-state index in [4.69, 9.17) is 5.26 Å². The second-order valence-corrected chi connectivity index (χ2v) is 6.00.